The molecule has 3 saturated heterocycles. The second-order valence-electron chi connectivity index (χ2n) is 6.33. The fourth-order valence-electron chi connectivity index (χ4n) is 3.96. The maximum absolute atomic E-state index is 13.0. The number of ether oxygens (including phenoxy) is 2. The highest BCUT2D eigenvalue weighted by atomic mass is 16.7. The number of nitrogens with one attached hydrogen (secondary N) is 1. The third kappa shape index (κ3) is 2.52. The molecule has 3 aliphatic rings. The van der Waals surface area contributed by atoms with Crippen molar-refractivity contribution in [3.05, 3.63) is 35.4 Å². The lowest BCUT2D eigenvalue weighted by molar-refractivity contribution is -0.0445. The van der Waals surface area contributed by atoms with Crippen molar-refractivity contribution in [3.8, 4) is 0 Å². The highest BCUT2D eigenvalue weighted by Gasteiger charge is 2.38. The molecule has 1 aromatic carbocycles. The first kappa shape index (κ1) is 13.4. The third-order valence-electron chi connectivity index (χ3n) is 4.95. The first-order valence-corrected chi connectivity index (χ1v) is 7.93. The van der Waals surface area contributed by atoms with Gasteiger partial charge in [-0.1, -0.05) is 24.3 Å². The van der Waals surface area contributed by atoms with Gasteiger partial charge in [-0.3, -0.25) is 4.79 Å². The zero-order valence-electron chi connectivity index (χ0n) is 12.1. The Hall–Kier alpha value is -1.23. The minimum absolute atomic E-state index is 0.145. The second kappa shape index (κ2) is 5.52. The molecular weight excluding hydrogens is 266 g/mol. The summed E-state index contributed by atoms with van der Waals surface area (Å²) < 4.78 is 11.2. The molecule has 4 rings (SSSR count). The minimum Gasteiger partial charge on any atom is -0.346 e. The van der Waals surface area contributed by atoms with E-state index in [0.717, 1.165) is 24.0 Å². The Labute approximate surface area is 124 Å². The number of fused-ring (bicyclic) bond motifs is 2. The monoisotopic (exact) mass is 287 g/mol. The summed E-state index contributed by atoms with van der Waals surface area (Å²) in [6, 6.07) is 8.82. The molecular formula is C17H21NO3. The lowest BCUT2D eigenvalue weighted by Gasteiger charge is -2.28. The van der Waals surface area contributed by atoms with E-state index in [2.05, 4.69) is 5.32 Å². The molecule has 4 heteroatoms. The number of hydrogen-bond acceptors (Lipinski definition) is 4. The number of carbonyl (C=O) groups excluding carboxylic acids is 1. The van der Waals surface area contributed by atoms with Gasteiger partial charge in [0.05, 0.1) is 13.2 Å². The van der Waals surface area contributed by atoms with E-state index in [0.29, 0.717) is 25.3 Å². The van der Waals surface area contributed by atoms with Crippen LogP contribution in [0.3, 0.4) is 0 Å². The molecule has 2 bridgehead atoms. The van der Waals surface area contributed by atoms with E-state index in [1.807, 2.05) is 24.3 Å². The van der Waals surface area contributed by atoms with Gasteiger partial charge in [0.25, 0.3) is 0 Å². The van der Waals surface area contributed by atoms with E-state index in [1.165, 1.54) is 12.8 Å². The first-order chi connectivity index (χ1) is 10.3. The van der Waals surface area contributed by atoms with E-state index < -0.39 is 0 Å². The molecule has 1 aromatic rings. The van der Waals surface area contributed by atoms with Crippen LogP contribution in [-0.4, -0.2) is 31.1 Å². The number of rotatable bonds is 3. The van der Waals surface area contributed by atoms with E-state index in [9.17, 15) is 4.79 Å². The standard InChI is InChI=1S/C17H21NO3/c19-16(11-9-12-5-6-13(10-11)18-12)14-3-1-2-4-15(14)17-20-7-8-21-17/h1-4,11-13,17-18H,5-10H2. The molecule has 2 unspecified atom stereocenters. The van der Waals surface area contributed by atoms with Gasteiger partial charge in [-0.2, -0.15) is 0 Å². The van der Waals surface area contributed by atoms with E-state index >= 15 is 0 Å². The van der Waals surface area contributed by atoms with Crippen LogP contribution in [0.2, 0.25) is 0 Å². The fraction of sp³-hybridized carbons (Fsp3) is 0.588. The Morgan fingerprint density at radius 3 is 2.43 bits per heavy atom. The number of Topliss-reactive ketones (excluding diaryl/α,β-unsaturated/α-hetero) is 1. The Bertz CT molecular complexity index is 527. The molecule has 3 fully saturated rings. The Morgan fingerprint density at radius 2 is 1.71 bits per heavy atom. The summed E-state index contributed by atoms with van der Waals surface area (Å²) >= 11 is 0. The number of ketones is 1. The number of carbonyl (C=O) groups is 1. The van der Waals surface area contributed by atoms with Crippen molar-refractivity contribution >= 4 is 5.78 Å². The van der Waals surface area contributed by atoms with Crippen LogP contribution in [-0.2, 0) is 9.47 Å². The van der Waals surface area contributed by atoms with Crippen LogP contribution in [0.25, 0.3) is 0 Å². The van der Waals surface area contributed by atoms with Gasteiger partial charge in [-0.25, -0.2) is 0 Å². The van der Waals surface area contributed by atoms with Gasteiger partial charge in [-0.15, -0.1) is 0 Å². The molecule has 0 spiro atoms. The number of benzene rings is 1. The molecule has 21 heavy (non-hydrogen) atoms. The zero-order chi connectivity index (χ0) is 14.2. The Morgan fingerprint density at radius 1 is 1.05 bits per heavy atom. The fourth-order valence-corrected chi connectivity index (χ4v) is 3.96. The summed E-state index contributed by atoms with van der Waals surface area (Å²) in [5.74, 6) is 0.411. The van der Waals surface area contributed by atoms with Crippen LogP contribution in [0.5, 0.6) is 0 Å². The normalized spacial score (nSPS) is 32.5. The highest BCUT2D eigenvalue weighted by molar-refractivity contribution is 5.99. The zero-order valence-corrected chi connectivity index (χ0v) is 12.1. The van der Waals surface area contributed by atoms with Gasteiger partial charge >= 0.3 is 0 Å². The second-order valence-corrected chi connectivity index (χ2v) is 6.33. The molecule has 0 aliphatic carbocycles. The summed E-state index contributed by atoms with van der Waals surface area (Å²) in [5.41, 5.74) is 1.68. The molecule has 2 atom stereocenters. The smallest absolute Gasteiger partial charge is 0.184 e. The summed E-state index contributed by atoms with van der Waals surface area (Å²) in [6.45, 7) is 1.20. The largest absolute Gasteiger partial charge is 0.346 e. The quantitative estimate of drug-likeness (QED) is 0.868. The van der Waals surface area contributed by atoms with Crippen molar-refractivity contribution in [3.63, 3.8) is 0 Å². The van der Waals surface area contributed by atoms with Gasteiger partial charge in [-0.05, 0) is 25.7 Å². The molecule has 0 radical (unpaired) electrons. The lowest BCUT2D eigenvalue weighted by Crippen LogP contribution is -2.40. The molecule has 3 heterocycles. The van der Waals surface area contributed by atoms with Crippen LogP contribution < -0.4 is 5.32 Å². The lowest BCUT2D eigenvalue weighted by atomic mass is 9.84. The van der Waals surface area contributed by atoms with Crippen LogP contribution >= 0.6 is 0 Å². The van der Waals surface area contributed by atoms with Gasteiger partial charge in [0.15, 0.2) is 12.1 Å². The maximum Gasteiger partial charge on any atom is 0.184 e. The van der Waals surface area contributed by atoms with Crippen molar-refractivity contribution < 1.29 is 14.3 Å². The van der Waals surface area contributed by atoms with Crippen molar-refractivity contribution in [1.29, 1.82) is 0 Å². The first-order valence-electron chi connectivity index (χ1n) is 7.93. The molecule has 112 valence electrons. The predicted molar refractivity (Wildman–Crippen MR) is 78.1 cm³/mol. The van der Waals surface area contributed by atoms with Crippen LogP contribution in [0.4, 0.5) is 0 Å². The molecule has 0 aromatic heterocycles. The van der Waals surface area contributed by atoms with E-state index in [-0.39, 0.29) is 18.0 Å². The SMILES string of the molecule is O=C(c1ccccc1C1OCCO1)C1CC2CCC(C1)N2. The average molecular weight is 287 g/mol. The molecule has 0 amide bonds. The Kier molecular flexibility index (Phi) is 3.53. The van der Waals surface area contributed by atoms with Crippen molar-refractivity contribution in [2.45, 2.75) is 44.1 Å². The van der Waals surface area contributed by atoms with Crippen LogP contribution in [0.1, 0.15) is 47.9 Å². The average Bonchev–Trinajstić information content (AvgIpc) is 3.16. The minimum atomic E-state index is -0.372. The summed E-state index contributed by atoms with van der Waals surface area (Å²) in [5, 5.41) is 3.59. The molecule has 3 aliphatic heterocycles. The highest BCUT2D eigenvalue weighted by Crippen LogP contribution is 2.35. The van der Waals surface area contributed by atoms with Crippen molar-refractivity contribution in [2.75, 3.05) is 13.2 Å². The molecule has 1 N–H and O–H groups in total. The number of piperidine rings is 1. The Balaban J connectivity index is 1.59. The number of hydrogen-bond donors (Lipinski definition) is 1. The summed E-state index contributed by atoms with van der Waals surface area (Å²) in [7, 11) is 0. The van der Waals surface area contributed by atoms with E-state index in [4.69, 9.17) is 9.47 Å². The van der Waals surface area contributed by atoms with Gasteiger partial charge < -0.3 is 14.8 Å². The van der Waals surface area contributed by atoms with Crippen LogP contribution in [0.15, 0.2) is 24.3 Å². The third-order valence-corrected chi connectivity index (χ3v) is 4.95. The van der Waals surface area contributed by atoms with Gasteiger partial charge in [0, 0.05) is 29.1 Å². The molecule has 4 nitrogen and oxygen atoms in total. The summed E-state index contributed by atoms with van der Waals surface area (Å²) in [6.07, 6.45) is 3.99. The topological polar surface area (TPSA) is 47.6 Å². The van der Waals surface area contributed by atoms with Crippen molar-refractivity contribution in [2.24, 2.45) is 5.92 Å². The van der Waals surface area contributed by atoms with Gasteiger partial charge in [0.2, 0.25) is 0 Å². The van der Waals surface area contributed by atoms with Crippen LogP contribution in [0, 0.1) is 5.92 Å². The summed E-state index contributed by atoms with van der Waals surface area (Å²) in [4.78, 5) is 13.0. The van der Waals surface area contributed by atoms with Crippen molar-refractivity contribution in [1.82, 2.24) is 5.32 Å². The predicted octanol–water partition coefficient (Wildman–Crippen LogP) is 2.45. The maximum atomic E-state index is 13.0. The van der Waals surface area contributed by atoms with Gasteiger partial charge in [0.1, 0.15) is 0 Å². The molecule has 0 saturated carbocycles. The van der Waals surface area contributed by atoms with E-state index in [1.54, 1.807) is 0 Å².